The SMILES string of the molecule is CCNC(C)c1cc(C)ccc1-c1cc(CC(=O)OC)ccc1OC. The van der Waals surface area contributed by atoms with E-state index >= 15 is 0 Å². The van der Waals surface area contributed by atoms with Crippen molar-refractivity contribution in [2.75, 3.05) is 20.8 Å². The highest BCUT2D eigenvalue weighted by Gasteiger charge is 2.16. The van der Waals surface area contributed by atoms with E-state index in [1.54, 1.807) is 7.11 Å². The minimum atomic E-state index is -0.249. The first-order chi connectivity index (χ1) is 12.0. The largest absolute Gasteiger partial charge is 0.496 e. The minimum Gasteiger partial charge on any atom is -0.496 e. The van der Waals surface area contributed by atoms with Gasteiger partial charge in [-0.25, -0.2) is 0 Å². The van der Waals surface area contributed by atoms with Crippen molar-refractivity contribution in [2.24, 2.45) is 0 Å². The van der Waals surface area contributed by atoms with Gasteiger partial charge in [0.05, 0.1) is 20.6 Å². The summed E-state index contributed by atoms with van der Waals surface area (Å²) >= 11 is 0. The topological polar surface area (TPSA) is 47.6 Å². The first-order valence-electron chi connectivity index (χ1n) is 8.58. The third-order valence-electron chi connectivity index (χ3n) is 4.31. The second kappa shape index (κ2) is 8.67. The van der Waals surface area contributed by atoms with Crippen molar-refractivity contribution in [3.63, 3.8) is 0 Å². The zero-order valence-corrected chi connectivity index (χ0v) is 15.7. The molecule has 0 spiro atoms. The predicted molar refractivity (Wildman–Crippen MR) is 101 cm³/mol. The molecule has 134 valence electrons. The van der Waals surface area contributed by atoms with Crippen LogP contribution in [-0.4, -0.2) is 26.7 Å². The monoisotopic (exact) mass is 341 g/mol. The first-order valence-corrected chi connectivity index (χ1v) is 8.58. The summed E-state index contributed by atoms with van der Waals surface area (Å²) in [6, 6.07) is 12.5. The van der Waals surface area contributed by atoms with Gasteiger partial charge in [0.25, 0.3) is 0 Å². The van der Waals surface area contributed by atoms with Crippen molar-refractivity contribution in [1.82, 2.24) is 5.32 Å². The van der Waals surface area contributed by atoms with Crippen LogP contribution in [0.25, 0.3) is 11.1 Å². The van der Waals surface area contributed by atoms with Crippen LogP contribution in [0.1, 0.15) is 36.6 Å². The first kappa shape index (κ1) is 19.0. The van der Waals surface area contributed by atoms with Crippen LogP contribution in [-0.2, 0) is 16.0 Å². The Bertz CT molecular complexity index is 740. The highest BCUT2D eigenvalue weighted by Crippen LogP contribution is 2.36. The zero-order chi connectivity index (χ0) is 18.4. The Balaban J connectivity index is 2.55. The summed E-state index contributed by atoms with van der Waals surface area (Å²) in [4.78, 5) is 11.6. The van der Waals surface area contributed by atoms with Gasteiger partial charge in [0.15, 0.2) is 0 Å². The van der Waals surface area contributed by atoms with E-state index in [2.05, 4.69) is 44.3 Å². The number of carbonyl (C=O) groups excluding carboxylic acids is 1. The maximum atomic E-state index is 11.6. The minimum absolute atomic E-state index is 0.217. The highest BCUT2D eigenvalue weighted by molar-refractivity contribution is 5.78. The van der Waals surface area contributed by atoms with Gasteiger partial charge < -0.3 is 14.8 Å². The smallest absolute Gasteiger partial charge is 0.309 e. The van der Waals surface area contributed by atoms with E-state index in [-0.39, 0.29) is 18.4 Å². The van der Waals surface area contributed by atoms with Crippen LogP contribution in [0.2, 0.25) is 0 Å². The number of hydrogen-bond acceptors (Lipinski definition) is 4. The summed E-state index contributed by atoms with van der Waals surface area (Å²) in [7, 11) is 3.07. The molecule has 1 atom stereocenters. The van der Waals surface area contributed by atoms with Crippen LogP contribution >= 0.6 is 0 Å². The molecule has 2 rings (SSSR count). The van der Waals surface area contributed by atoms with Crippen LogP contribution in [0.3, 0.4) is 0 Å². The molecule has 4 nitrogen and oxygen atoms in total. The fourth-order valence-corrected chi connectivity index (χ4v) is 3.02. The lowest BCUT2D eigenvalue weighted by Crippen LogP contribution is -2.18. The molecule has 0 aliphatic rings. The quantitative estimate of drug-likeness (QED) is 0.772. The average Bonchev–Trinajstić information content (AvgIpc) is 2.61. The van der Waals surface area contributed by atoms with E-state index in [1.807, 2.05) is 18.2 Å². The van der Waals surface area contributed by atoms with Crippen LogP contribution < -0.4 is 10.1 Å². The summed E-state index contributed by atoms with van der Waals surface area (Å²) in [5.41, 5.74) is 5.44. The van der Waals surface area contributed by atoms with E-state index < -0.39 is 0 Å². The van der Waals surface area contributed by atoms with Crippen molar-refractivity contribution in [3.8, 4) is 16.9 Å². The van der Waals surface area contributed by atoms with Gasteiger partial charge in [-0.3, -0.25) is 4.79 Å². The van der Waals surface area contributed by atoms with E-state index in [0.717, 1.165) is 29.0 Å². The number of hydrogen-bond donors (Lipinski definition) is 1. The number of benzene rings is 2. The Labute approximate surface area is 150 Å². The molecule has 0 amide bonds. The fourth-order valence-electron chi connectivity index (χ4n) is 3.02. The number of esters is 1. The predicted octanol–water partition coefficient (Wildman–Crippen LogP) is 4.06. The molecule has 0 fully saturated rings. The van der Waals surface area contributed by atoms with Gasteiger partial charge in [-0.15, -0.1) is 0 Å². The molecule has 2 aromatic carbocycles. The highest BCUT2D eigenvalue weighted by atomic mass is 16.5. The van der Waals surface area contributed by atoms with Crippen molar-refractivity contribution in [3.05, 3.63) is 53.1 Å². The third-order valence-corrected chi connectivity index (χ3v) is 4.31. The summed E-state index contributed by atoms with van der Waals surface area (Å²) in [5, 5.41) is 3.48. The zero-order valence-electron chi connectivity index (χ0n) is 15.7. The van der Waals surface area contributed by atoms with Crippen molar-refractivity contribution < 1.29 is 14.3 Å². The molecule has 0 heterocycles. The van der Waals surface area contributed by atoms with Crippen LogP contribution in [0.5, 0.6) is 5.75 Å². The Morgan fingerprint density at radius 2 is 1.88 bits per heavy atom. The molecular formula is C21H27NO3. The summed E-state index contributed by atoms with van der Waals surface area (Å²) in [6.45, 7) is 7.25. The number of nitrogens with one attached hydrogen (secondary N) is 1. The van der Waals surface area contributed by atoms with Gasteiger partial charge in [-0.05, 0) is 49.2 Å². The lowest BCUT2D eigenvalue weighted by Gasteiger charge is -2.20. The molecule has 0 radical (unpaired) electrons. The Hall–Kier alpha value is -2.33. The van der Waals surface area contributed by atoms with Crippen molar-refractivity contribution >= 4 is 5.97 Å². The van der Waals surface area contributed by atoms with Gasteiger partial charge in [0.1, 0.15) is 5.75 Å². The molecular weight excluding hydrogens is 314 g/mol. The molecule has 0 aliphatic carbocycles. The van der Waals surface area contributed by atoms with E-state index in [4.69, 9.17) is 9.47 Å². The third kappa shape index (κ3) is 4.60. The maximum absolute atomic E-state index is 11.6. The Morgan fingerprint density at radius 1 is 1.12 bits per heavy atom. The van der Waals surface area contributed by atoms with Crippen LogP contribution in [0, 0.1) is 6.92 Å². The van der Waals surface area contributed by atoms with Crippen LogP contribution in [0.15, 0.2) is 36.4 Å². The molecule has 4 heteroatoms. The summed E-state index contributed by atoms with van der Waals surface area (Å²) in [5.74, 6) is 0.545. The average molecular weight is 341 g/mol. The number of aryl methyl sites for hydroxylation is 1. The van der Waals surface area contributed by atoms with Gasteiger partial charge in [0.2, 0.25) is 0 Å². The van der Waals surface area contributed by atoms with E-state index in [9.17, 15) is 4.79 Å². The standard InChI is InChI=1S/C21H27NO3/c1-6-22-15(3)18-11-14(2)7-9-17(18)19-12-16(13-21(23)25-5)8-10-20(19)24-4/h7-12,15,22H,6,13H2,1-5H3. The van der Waals surface area contributed by atoms with Gasteiger partial charge in [0, 0.05) is 11.6 Å². The van der Waals surface area contributed by atoms with E-state index in [0.29, 0.717) is 0 Å². The Kier molecular flexibility index (Phi) is 6.59. The van der Waals surface area contributed by atoms with Gasteiger partial charge in [-0.1, -0.05) is 36.8 Å². The number of rotatable bonds is 7. The number of carbonyl (C=O) groups is 1. The normalized spacial score (nSPS) is 11.9. The lowest BCUT2D eigenvalue weighted by molar-refractivity contribution is -0.139. The lowest BCUT2D eigenvalue weighted by atomic mass is 9.92. The van der Waals surface area contributed by atoms with E-state index in [1.165, 1.54) is 18.2 Å². The molecule has 0 aromatic heterocycles. The summed E-state index contributed by atoms with van der Waals surface area (Å²) < 4.78 is 10.4. The van der Waals surface area contributed by atoms with Gasteiger partial charge >= 0.3 is 5.97 Å². The summed E-state index contributed by atoms with van der Waals surface area (Å²) in [6.07, 6.45) is 0.247. The number of ether oxygens (including phenoxy) is 2. The molecule has 1 N–H and O–H groups in total. The van der Waals surface area contributed by atoms with Crippen molar-refractivity contribution in [1.29, 1.82) is 0 Å². The second-order valence-corrected chi connectivity index (χ2v) is 6.16. The molecule has 0 saturated carbocycles. The van der Waals surface area contributed by atoms with Crippen LogP contribution in [0.4, 0.5) is 0 Å². The molecule has 1 unspecified atom stereocenters. The maximum Gasteiger partial charge on any atom is 0.309 e. The molecule has 2 aromatic rings. The molecule has 0 bridgehead atoms. The molecule has 0 aliphatic heterocycles. The Morgan fingerprint density at radius 3 is 2.52 bits per heavy atom. The fraction of sp³-hybridized carbons (Fsp3) is 0.381. The van der Waals surface area contributed by atoms with Gasteiger partial charge in [-0.2, -0.15) is 0 Å². The number of methoxy groups -OCH3 is 2. The second-order valence-electron chi connectivity index (χ2n) is 6.16. The van der Waals surface area contributed by atoms with Crippen molar-refractivity contribution in [2.45, 2.75) is 33.2 Å². The molecule has 25 heavy (non-hydrogen) atoms. The molecule has 0 saturated heterocycles.